The molecule has 50 heavy (non-hydrogen) atoms. The highest BCUT2D eigenvalue weighted by molar-refractivity contribution is 6.24. The number of hydrogen-bond acceptors (Lipinski definition) is 3. The average Bonchev–Trinajstić information content (AvgIpc) is 3.71. The van der Waals surface area contributed by atoms with Crippen molar-refractivity contribution in [2.24, 2.45) is 0 Å². The molecular weight excluding hydrogens is 611 g/mol. The summed E-state index contributed by atoms with van der Waals surface area (Å²) in [7, 11) is 0. The molecule has 0 amide bonds. The second-order valence-electron chi connectivity index (χ2n) is 12.9. The summed E-state index contributed by atoms with van der Waals surface area (Å²) in [6, 6.07) is 57.9. The first-order valence-electron chi connectivity index (χ1n) is 16.9. The highest BCUT2D eigenvalue weighted by Gasteiger charge is 2.21. The van der Waals surface area contributed by atoms with Gasteiger partial charge >= 0.3 is 0 Å². The summed E-state index contributed by atoms with van der Waals surface area (Å²) in [5.41, 5.74) is 9.87. The lowest BCUT2D eigenvalue weighted by Gasteiger charge is -2.12. The number of benzene rings is 7. The van der Waals surface area contributed by atoms with Crippen LogP contribution < -0.4 is 0 Å². The van der Waals surface area contributed by atoms with Gasteiger partial charge in [0.1, 0.15) is 0 Å². The quantitative estimate of drug-likeness (QED) is 0.194. The largest absolute Gasteiger partial charge is 0.307 e. The first-order chi connectivity index (χ1) is 24.8. The van der Waals surface area contributed by atoms with Crippen LogP contribution in [0.3, 0.4) is 0 Å². The van der Waals surface area contributed by atoms with Gasteiger partial charge in [-0.15, -0.1) is 0 Å². The van der Waals surface area contributed by atoms with Crippen molar-refractivity contribution in [2.45, 2.75) is 0 Å². The van der Waals surface area contributed by atoms with E-state index in [1.165, 1.54) is 32.7 Å². The molecule has 4 aromatic heterocycles. The van der Waals surface area contributed by atoms with Crippen molar-refractivity contribution < 1.29 is 0 Å². The Morgan fingerprint density at radius 1 is 0.280 bits per heavy atom. The van der Waals surface area contributed by atoms with Crippen LogP contribution in [-0.4, -0.2) is 23.8 Å². The maximum Gasteiger partial charge on any atom is 0.164 e. The highest BCUT2D eigenvalue weighted by Crippen LogP contribution is 2.42. The third kappa shape index (κ3) is 3.80. The maximum absolute atomic E-state index is 5.15. The van der Waals surface area contributed by atoms with Crippen LogP contribution in [0.5, 0.6) is 0 Å². The van der Waals surface area contributed by atoms with Gasteiger partial charge in [-0.2, -0.15) is 0 Å². The zero-order chi connectivity index (χ0) is 32.8. The second-order valence-corrected chi connectivity index (χ2v) is 12.9. The topological polar surface area (TPSA) is 47.5 Å². The molecule has 0 N–H and O–H groups in total. The fourth-order valence-electron chi connectivity index (χ4n) is 7.95. The maximum atomic E-state index is 5.15. The Morgan fingerprint density at radius 3 is 1.18 bits per heavy atom. The third-order valence-corrected chi connectivity index (χ3v) is 10.1. The number of rotatable bonds is 3. The molecule has 4 heterocycles. The van der Waals surface area contributed by atoms with Crippen molar-refractivity contribution in [3.63, 3.8) is 0 Å². The highest BCUT2D eigenvalue weighted by atomic mass is 15.0. The van der Waals surface area contributed by atoms with Crippen LogP contribution in [0.2, 0.25) is 0 Å². The Bertz CT molecular complexity index is 3080. The van der Waals surface area contributed by atoms with Crippen molar-refractivity contribution in [1.29, 1.82) is 0 Å². The minimum atomic E-state index is 0.640. The monoisotopic (exact) mass is 637 g/mol. The van der Waals surface area contributed by atoms with Gasteiger partial charge in [0.15, 0.2) is 17.5 Å². The van der Waals surface area contributed by atoms with Crippen molar-refractivity contribution in [3.8, 4) is 34.2 Å². The molecule has 232 valence electrons. The van der Waals surface area contributed by atoms with Gasteiger partial charge in [-0.3, -0.25) is 0 Å². The summed E-state index contributed by atoms with van der Waals surface area (Å²) in [4.78, 5) is 15.3. The van der Waals surface area contributed by atoms with Crippen LogP contribution in [-0.2, 0) is 0 Å². The van der Waals surface area contributed by atoms with Crippen LogP contribution in [0.15, 0.2) is 164 Å². The van der Waals surface area contributed by atoms with Gasteiger partial charge < -0.3 is 8.80 Å². The van der Waals surface area contributed by atoms with Gasteiger partial charge in [0, 0.05) is 49.0 Å². The fraction of sp³-hybridized carbons (Fsp3) is 0. The number of nitrogens with zero attached hydrogens (tertiary/aromatic N) is 5. The van der Waals surface area contributed by atoms with Crippen LogP contribution in [0, 0.1) is 0 Å². The van der Waals surface area contributed by atoms with E-state index in [-0.39, 0.29) is 0 Å². The van der Waals surface area contributed by atoms with Crippen molar-refractivity contribution in [3.05, 3.63) is 164 Å². The van der Waals surface area contributed by atoms with Gasteiger partial charge in [-0.05, 0) is 36.4 Å². The normalized spacial score (nSPS) is 12.0. The van der Waals surface area contributed by atoms with Crippen LogP contribution in [0.25, 0.3) is 99.6 Å². The third-order valence-electron chi connectivity index (χ3n) is 10.1. The Kier molecular flexibility index (Phi) is 5.60. The molecule has 11 rings (SSSR count). The minimum absolute atomic E-state index is 0.640. The first kappa shape index (κ1) is 27.1. The molecular formula is C45H27N5. The molecule has 0 saturated heterocycles. The van der Waals surface area contributed by atoms with Gasteiger partial charge in [0.2, 0.25) is 0 Å². The molecule has 0 bridgehead atoms. The van der Waals surface area contributed by atoms with E-state index in [2.05, 4.69) is 136 Å². The molecule has 0 atom stereocenters. The van der Waals surface area contributed by atoms with E-state index in [1.54, 1.807) is 0 Å². The summed E-state index contributed by atoms with van der Waals surface area (Å²) < 4.78 is 4.92. The Labute approximate surface area is 286 Å². The second kappa shape index (κ2) is 10.3. The Hall–Kier alpha value is -6.85. The van der Waals surface area contributed by atoms with Crippen molar-refractivity contribution in [2.75, 3.05) is 0 Å². The predicted octanol–water partition coefficient (Wildman–Crippen LogP) is 11.1. The van der Waals surface area contributed by atoms with Gasteiger partial charge in [-0.1, -0.05) is 127 Å². The summed E-state index contributed by atoms with van der Waals surface area (Å²) in [5, 5.41) is 7.11. The fourth-order valence-corrected chi connectivity index (χ4v) is 7.95. The summed E-state index contributed by atoms with van der Waals surface area (Å²) in [5.74, 6) is 1.94. The lowest BCUT2D eigenvalue weighted by atomic mass is 10.0. The molecule has 0 radical (unpaired) electrons. The van der Waals surface area contributed by atoms with E-state index in [9.17, 15) is 0 Å². The summed E-state index contributed by atoms with van der Waals surface area (Å²) in [6.45, 7) is 0. The molecule has 0 aliphatic heterocycles. The smallest absolute Gasteiger partial charge is 0.164 e. The zero-order valence-corrected chi connectivity index (χ0v) is 26.8. The lowest BCUT2D eigenvalue weighted by Crippen LogP contribution is -2.00. The Morgan fingerprint density at radius 2 is 0.660 bits per heavy atom. The molecule has 0 fully saturated rings. The standard InChI is InChI=1S/C45H27N5/c1-3-14-28(15-4-1)43-46-44(29-16-5-2-6-17-29)48-45(47-43)30-26-35-32-19-8-11-23-38(32)49-37-22-10-7-18-31(37)34-21-13-25-40(42(34)49)50-39-24-12-9-20-33(39)36(27-30)41(35)50/h1-27H. The first-order valence-corrected chi connectivity index (χ1v) is 16.9. The molecule has 0 aliphatic carbocycles. The van der Waals surface area contributed by atoms with Crippen LogP contribution in [0.1, 0.15) is 0 Å². The molecule has 0 unspecified atom stereocenters. The number of hydrogen-bond donors (Lipinski definition) is 0. The number of fused-ring (bicyclic) bond motifs is 10. The van der Waals surface area contributed by atoms with E-state index < -0.39 is 0 Å². The van der Waals surface area contributed by atoms with Gasteiger partial charge in [0.05, 0.1) is 33.1 Å². The van der Waals surface area contributed by atoms with Crippen LogP contribution in [0.4, 0.5) is 0 Å². The lowest BCUT2D eigenvalue weighted by molar-refractivity contribution is 1.07. The molecule has 0 spiro atoms. The Balaban J connectivity index is 1.36. The summed E-state index contributed by atoms with van der Waals surface area (Å²) >= 11 is 0. The van der Waals surface area contributed by atoms with E-state index in [1.807, 2.05) is 36.4 Å². The van der Waals surface area contributed by atoms with E-state index in [4.69, 9.17) is 15.0 Å². The number of aromatic nitrogens is 5. The van der Waals surface area contributed by atoms with E-state index in [0.29, 0.717) is 17.5 Å². The van der Waals surface area contributed by atoms with Crippen molar-refractivity contribution >= 4 is 65.4 Å². The molecule has 5 nitrogen and oxygen atoms in total. The van der Waals surface area contributed by atoms with E-state index >= 15 is 0 Å². The van der Waals surface area contributed by atoms with Crippen LogP contribution >= 0.6 is 0 Å². The predicted molar refractivity (Wildman–Crippen MR) is 206 cm³/mol. The molecule has 11 aromatic rings. The van der Waals surface area contributed by atoms with Gasteiger partial charge in [0.25, 0.3) is 0 Å². The van der Waals surface area contributed by atoms with E-state index in [0.717, 1.165) is 49.4 Å². The molecule has 7 aromatic carbocycles. The SMILES string of the molecule is c1ccc(-c2nc(-c3ccccc3)nc(-c3cc4c5ccccc5n5c6cccc7c8ccccc8n(c8ccccc8c(c3)c45)c76)n2)cc1. The number of para-hydroxylation sites is 4. The van der Waals surface area contributed by atoms with Crippen molar-refractivity contribution in [1.82, 2.24) is 23.8 Å². The summed E-state index contributed by atoms with van der Waals surface area (Å²) in [6.07, 6.45) is 0. The zero-order valence-electron chi connectivity index (χ0n) is 26.8. The average molecular weight is 638 g/mol. The molecule has 0 aliphatic rings. The van der Waals surface area contributed by atoms with Gasteiger partial charge in [-0.25, -0.2) is 15.0 Å². The molecule has 0 saturated carbocycles. The molecule has 5 heteroatoms. The minimum Gasteiger partial charge on any atom is -0.307 e.